The molecule has 4 aliphatic rings. The maximum atomic E-state index is 11.0. The molecular weight excluding hydrogens is 692 g/mol. The first kappa shape index (κ1) is 26.8. The molecule has 2 spiro atoms. The molecule has 2 aliphatic carbocycles. The molecular formula is C22H24N2O8PbS2. The summed E-state index contributed by atoms with van der Waals surface area (Å²) >= 11 is 2.61. The third kappa shape index (κ3) is 4.98. The molecule has 2 aromatic rings. The maximum Gasteiger partial charge on any atom is 2.00 e. The van der Waals surface area contributed by atoms with E-state index in [1.165, 1.54) is 22.7 Å². The van der Waals surface area contributed by atoms with Crippen LogP contribution >= 0.6 is 22.7 Å². The number of nitrogen functional groups attached to an aromatic ring is 2. The third-order valence-corrected chi connectivity index (χ3v) is 8.77. The molecule has 4 N–H and O–H groups in total. The minimum atomic E-state index is -1.19. The number of carbonyl (C=O) groups is 2. The number of hydrogen-bond acceptors (Lipinski definition) is 12. The second-order valence-corrected chi connectivity index (χ2v) is 10.9. The minimum absolute atomic E-state index is 0. The summed E-state index contributed by atoms with van der Waals surface area (Å²) in [5.41, 5.74) is 13.4. The number of nitrogens with two attached hydrogens (primary N) is 2. The molecule has 35 heavy (non-hydrogen) atoms. The normalized spacial score (nSPS) is 21.0. The molecule has 0 atom stereocenters. The molecule has 6 rings (SSSR count). The minimum Gasteiger partial charge on any atom is -0.545 e. The van der Waals surface area contributed by atoms with Crippen molar-refractivity contribution in [2.75, 3.05) is 37.9 Å². The van der Waals surface area contributed by atoms with E-state index < -0.39 is 23.5 Å². The zero-order valence-corrected chi connectivity index (χ0v) is 24.3. The van der Waals surface area contributed by atoms with Gasteiger partial charge in [-0.05, 0) is 24.0 Å². The summed E-state index contributed by atoms with van der Waals surface area (Å²) in [5, 5.41) is 22.7. The van der Waals surface area contributed by atoms with Crippen molar-refractivity contribution in [1.29, 1.82) is 0 Å². The van der Waals surface area contributed by atoms with E-state index in [-0.39, 0.29) is 38.4 Å². The molecule has 4 heterocycles. The van der Waals surface area contributed by atoms with Crippen LogP contribution in [0.25, 0.3) is 0 Å². The molecule has 0 unspecified atom stereocenters. The van der Waals surface area contributed by atoms with Crippen molar-refractivity contribution in [2.45, 2.75) is 50.1 Å². The predicted octanol–water partition coefficient (Wildman–Crippen LogP) is -0.530. The van der Waals surface area contributed by atoms with Crippen molar-refractivity contribution in [3.05, 3.63) is 32.0 Å². The Morgan fingerprint density at radius 2 is 1.06 bits per heavy atom. The fourth-order valence-corrected chi connectivity index (χ4v) is 7.50. The number of aromatic carboxylic acids is 2. The van der Waals surface area contributed by atoms with Crippen LogP contribution in [0.2, 0.25) is 0 Å². The molecule has 0 aromatic carbocycles. The Hall–Kier alpha value is -1.30. The Kier molecular flexibility index (Phi) is 7.81. The van der Waals surface area contributed by atoms with Gasteiger partial charge in [-0.3, -0.25) is 0 Å². The Morgan fingerprint density at radius 3 is 1.37 bits per heavy atom. The molecule has 0 amide bonds. The third-order valence-electron chi connectivity index (χ3n) is 6.64. The second kappa shape index (κ2) is 10.2. The van der Waals surface area contributed by atoms with Gasteiger partial charge in [0.15, 0.2) is 11.6 Å². The predicted molar refractivity (Wildman–Crippen MR) is 125 cm³/mol. The number of carbonyl (C=O) groups excluding carboxylic acids is 2. The van der Waals surface area contributed by atoms with Crippen molar-refractivity contribution in [3.8, 4) is 0 Å². The summed E-state index contributed by atoms with van der Waals surface area (Å²) in [6.45, 7) is 2.40. The number of thiophene rings is 2. The van der Waals surface area contributed by atoms with Crippen LogP contribution in [0.1, 0.15) is 54.4 Å². The number of hydrogen-bond donors (Lipinski definition) is 2. The average Bonchev–Trinajstić information content (AvgIpc) is 3.54. The van der Waals surface area contributed by atoms with Gasteiger partial charge in [0.1, 0.15) is 0 Å². The van der Waals surface area contributed by atoms with Gasteiger partial charge < -0.3 is 50.2 Å². The van der Waals surface area contributed by atoms with E-state index in [9.17, 15) is 19.8 Å². The van der Waals surface area contributed by atoms with E-state index in [2.05, 4.69) is 0 Å². The number of carboxylic acids is 2. The van der Waals surface area contributed by atoms with Crippen LogP contribution in [0.4, 0.5) is 10.0 Å². The fourth-order valence-electron chi connectivity index (χ4n) is 5.11. The average molecular weight is 716 g/mol. The molecule has 2 radical (unpaired) electrons. The number of ether oxygens (including phenoxy) is 4. The van der Waals surface area contributed by atoms with E-state index >= 15 is 0 Å². The van der Waals surface area contributed by atoms with Crippen LogP contribution in [0, 0.1) is 0 Å². The molecule has 10 nitrogen and oxygen atoms in total. The van der Waals surface area contributed by atoms with Crippen LogP contribution in [0.3, 0.4) is 0 Å². The van der Waals surface area contributed by atoms with Crippen LogP contribution in [0.5, 0.6) is 0 Å². The largest absolute Gasteiger partial charge is 2.00 e. The smallest absolute Gasteiger partial charge is 0.545 e. The van der Waals surface area contributed by atoms with Gasteiger partial charge in [-0.1, -0.05) is 0 Å². The molecule has 2 saturated heterocycles. The van der Waals surface area contributed by atoms with Crippen molar-refractivity contribution < 1.29 is 38.7 Å². The molecule has 0 bridgehead atoms. The van der Waals surface area contributed by atoms with E-state index in [1.807, 2.05) is 0 Å². The monoisotopic (exact) mass is 716 g/mol. The number of rotatable bonds is 2. The van der Waals surface area contributed by atoms with Gasteiger partial charge in [-0.2, -0.15) is 0 Å². The Balaban J connectivity index is 0.000000160. The maximum absolute atomic E-state index is 11.0. The Labute approximate surface area is 229 Å². The number of anilines is 2. The van der Waals surface area contributed by atoms with Gasteiger partial charge in [-0.15, -0.1) is 22.7 Å². The molecule has 2 aromatic heterocycles. The molecule has 186 valence electrons. The van der Waals surface area contributed by atoms with E-state index in [4.69, 9.17) is 30.4 Å². The standard InChI is InChI=1S/2C11H13NO4S.Pb/c2*12-9-8(10(13)14)6-1-2-11(5-7(6)17-9)15-3-4-16-11;/h2*1-5,12H2,(H,13,14);/q;;+2/p-2. The first-order valence-electron chi connectivity index (χ1n) is 11.0. The van der Waals surface area contributed by atoms with E-state index in [1.54, 1.807) is 0 Å². The molecule has 2 fully saturated rings. The SMILES string of the molecule is Nc1sc2c(c1C(=O)[O-])CCC1(C2)OCCO1.Nc1sc2c(c1C(=O)[O-])CCC1(C2)OCCO1.[Pb+2]. The Morgan fingerprint density at radius 1 is 0.714 bits per heavy atom. The van der Waals surface area contributed by atoms with Gasteiger partial charge in [-0.25, -0.2) is 0 Å². The molecule has 0 saturated carbocycles. The van der Waals surface area contributed by atoms with Gasteiger partial charge >= 0.3 is 27.3 Å². The summed E-state index contributed by atoms with van der Waals surface area (Å²) in [6.07, 6.45) is 3.76. The van der Waals surface area contributed by atoms with E-state index in [0.29, 0.717) is 75.0 Å². The number of carboxylic acid groups (broad SMARTS) is 2. The van der Waals surface area contributed by atoms with Gasteiger partial charge in [0.25, 0.3) is 0 Å². The van der Waals surface area contributed by atoms with Gasteiger partial charge in [0.2, 0.25) is 0 Å². The zero-order valence-electron chi connectivity index (χ0n) is 18.8. The van der Waals surface area contributed by atoms with Crippen LogP contribution in [0.15, 0.2) is 0 Å². The summed E-state index contributed by atoms with van der Waals surface area (Å²) < 4.78 is 22.5. The first-order valence-corrected chi connectivity index (χ1v) is 12.6. The van der Waals surface area contributed by atoms with Crippen molar-refractivity contribution in [3.63, 3.8) is 0 Å². The van der Waals surface area contributed by atoms with Crippen LogP contribution < -0.4 is 21.7 Å². The topological polar surface area (TPSA) is 169 Å². The summed E-state index contributed by atoms with van der Waals surface area (Å²) in [4.78, 5) is 23.9. The first-order chi connectivity index (χ1) is 16.2. The molecule has 2 aliphatic heterocycles. The van der Waals surface area contributed by atoms with Crippen molar-refractivity contribution in [2.24, 2.45) is 0 Å². The van der Waals surface area contributed by atoms with Gasteiger partial charge in [0, 0.05) is 46.6 Å². The fraction of sp³-hybridized carbons (Fsp3) is 0.545. The van der Waals surface area contributed by atoms with E-state index in [0.717, 1.165) is 20.9 Å². The zero-order chi connectivity index (χ0) is 24.1. The number of fused-ring (bicyclic) bond motifs is 2. The Bertz CT molecular complexity index is 1050. The quantitative estimate of drug-likeness (QED) is 0.386. The second-order valence-electron chi connectivity index (χ2n) is 8.63. The summed E-state index contributed by atoms with van der Waals surface area (Å²) in [7, 11) is 0. The van der Waals surface area contributed by atoms with Crippen LogP contribution in [-0.2, 0) is 44.6 Å². The van der Waals surface area contributed by atoms with Crippen molar-refractivity contribution >= 4 is 71.9 Å². The van der Waals surface area contributed by atoms with Crippen LogP contribution in [-0.4, -0.2) is 77.2 Å². The molecule has 13 heteroatoms. The summed E-state index contributed by atoms with van der Waals surface area (Å²) in [6, 6.07) is 0. The summed E-state index contributed by atoms with van der Waals surface area (Å²) in [5.74, 6) is -3.48. The van der Waals surface area contributed by atoms with Gasteiger partial charge in [0.05, 0.1) is 48.4 Å². The van der Waals surface area contributed by atoms with Crippen molar-refractivity contribution in [1.82, 2.24) is 0 Å².